The maximum absolute atomic E-state index is 10.5. The molecule has 0 unspecified atom stereocenters. The van der Waals surface area contributed by atoms with Crippen LogP contribution >= 0.6 is 0 Å². The maximum atomic E-state index is 10.5. The monoisotopic (exact) mass is 166 g/mol. The van der Waals surface area contributed by atoms with Crippen molar-refractivity contribution in [2.45, 2.75) is 13.3 Å². The van der Waals surface area contributed by atoms with Gasteiger partial charge in [-0.05, 0) is 18.1 Å². The Morgan fingerprint density at radius 3 is 2.58 bits per heavy atom. The van der Waals surface area contributed by atoms with Crippen molar-refractivity contribution in [1.82, 2.24) is 0 Å². The molecule has 0 saturated carbocycles. The first kappa shape index (κ1) is 8.59. The molecule has 0 amide bonds. The van der Waals surface area contributed by atoms with Gasteiger partial charge in [0.2, 0.25) is 0 Å². The van der Waals surface area contributed by atoms with Crippen LogP contribution in [0.1, 0.15) is 22.8 Å². The van der Waals surface area contributed by atoms with E-state index in [2.05, 4.69) is 0 Å². The Morgan fingerprint density at radius 1 is 1.42 bits per heavy atom. The fourth-order valence-electron chi connectivity index (χ4n) is 1.08. The number of benzene rings is 1. The summed E-state index contributed by atoms with van der Waals surface area (Å²) in [7, 11) is 0. The van der Waals surface area contributed by atoms with E-state index in [4.69, 9.17) is 5.11 Å². The minimum absolute atomic E-state index is 0.178. The predicted molar refractivity (Wildman–Crippen MR) is 44.5 cm³/mol. The second-order valence-electron chi connectivity index (χ2n) is 2.48. The van der Waals surface area contributed by atoms with Gasteiger partial charge < -0.3 is 10.2 Å². The molecule has 0 heterocycles. The molecule has 3 nitrogen and oxygen atoms in total. The third-order valence-electron chi connectivity index (χ3n) is 1.78. The number of hydrogen-bond donors (Lipinski definition) is 2. The number of rotatable bonds is 2. The van der Waals surface area contributed by atoms with Gasteiger partial charge in [0.1, 0.15) is 0 Å². The van der Waals surface area contributed by atoms with Gasteiger partial charge in [-0.3, -0.25) is 4.79 Å². The summed E-state index contributed by atoms with van der Waals surface area (Å²) in [6.07, 6.45) is 1.20. The van der Waals surface area contributed by atoms with E-state index < -0.39 is 0 Å². The van der Waals surface area contributed by atoms with Crippen LogP contribution in [-0.4, -0.2) is 16.5 Å². The largest absolute Gasteiger partial charge is 0.504 e. The predicted octanol–water partition coefficient (Wildman–Crippen LogP) is 1.47. The number of aromatic hydroxyl groups is 2. The first-order valence-electron chi connectivity index (χ1n) is 3.69. The molecular weight excluding hydrogens is 156 g/mol. The highest BCUT2D eigenvalue weighted by Crippen LogP contribution is 2.29. The van der Waals surface area contributed by atoms with Crippen LogP contribution < -0.4 is 0 Å². The molecule has 1 rings (SSSR count). The number of carbonyl (C=O) groups excluding carboxylic acids is 1. The van der Waals surface area contributed by atoms with Gasteiger partial charge >= 0.3 is 0 Å². The number of phenolic OH excluding ortho intramolecular Hbond substituents is 2. The number of carbonyl (C=O) groups is 1. The van der Waals surface area contributed by atoms with Crippen molar-refractivity contribution in [3.05, 3.63) is 23.3 Å². The third kappa shape index (κ3) is 1.25. The van der Waals surface area contributed by atoms with E-state index in [0.29, 0.717) is 12.7 Å². The van der Waals surface area contributed by atoms with Gasteiger partial charge in [0.25, 0.3) is 0 Å². The average Bonchev–Trinajstić information content (AvgIpc) is 2.09. The van der Waals surface area contributed by atoms with Crippen LogP contribution in [0.5, 0.6) is 11.5 Å². The van der Waals surface area contributed by atoms with Crippen LogP contribution in [0.3, 0.4) is 0 Å². The van der Waals surface area contributed by atoms with E-state index in [-0.39, 0.29) is 17.1 Å². The Morgan fingerprint density at radius 2 is 2.08 bits per heavy atom. The van der Waals surface area contributed by atoms with E-state index >= 15 is 0 Å². The van der Waals surface area contributed by atoms with Crippen molar-refractivity contribution in [2.75, 3.05) is 0 Å². The average molecular weight is 166 g/mol. The molecular formula is C9H10O3. The van der Waals surface area contributed by atoms with E-state index in [1.54, 1.807) is 6.07 Å². The topological polar surface area (TPSA) is 57.5 Å². The minimum Gasteiger partial charge on any atom is -0.504 e. The van der Waals surface area contributed by atoms with Crippen LogP contribution in [0.15, 0.2) is 12.1 Å². The highest BCUT2D eigenvalue weighted by Gasteiger charge is 2.09. The lowest BCUT2D eigenvalue weighted by molar-refractivity contribution is 0.111. The lowest BCUT2D eigenvalue weighted by atomic mass is 10.0. The summed E-state index contributed by atoms with van der Waals surface area (Å²) in [6, 6.07) is 3.00. The highest BCUT2D eigenvalue weighted by atomic mass is 16.3. The Hall–Kier alpha value is -1.51. The summed E-state index contributed by atoms with van der Waals surface area (Å²) in [6.45, 7) is 1.87. The maximum Gasteiger partial charge on any atom is 0.168 e. The van der Waals surface area contributed by atoms with Crippen molar-refractivity contribution in [1.29, 1.82) is 0 Å². The molecule has 3 heteroatoms. The molecule has 0 atom stereocenters. The summed E-state index contributed by atoms with van der Waals surface area (Å²) in [5, 5.41) is 18.3. The van der Waals surface area contributed by atoms with E-state index in [0.717, 1.165) is 5.56 Å². The van der Waals surface area contributed by atoms with E-state index in [9.17, 15) is 9.90 Å². The Balaban J connectivity index is 3.35. The van der Waals surface area contributed by atoms with Crippen LogP contribution in [-0.2, 0) is 6.42 Å². The van der Waals surface area contributed by atoms with Crippen molar-refractivity contribution < 1.29 is 15.0 Å². The van der Waals surface area contributed by atoms with Crippen molar-refractivity contribution >= 4 is 6.29 Å². The van der Waals surface area contributed by atoms with Gasteiger partial charge in [0, 0.05) is 0 Å². The first-order valence-corrected chi connectivity index (χ1v) is 3.69. The van der Waals surface area contributed by atoms with Gasteiger partial charge in [0.05, 0.1) is 5.56 Å². The van der Waals surface area contributed by atoms with Crippen LogP contribution in [0.25, 0.3) is 0 Å². The number of phenols is 2. The standard InChI is InChI=1S/C9H10O3/c1-2-6-3-4-8(11)9(12)7(6)5-10/h3-5,11-12H,2H2,1H3. The quantitative estimate of drug-likeness (QED) is 0.516. The number of aryl methyl sites for hydroxylation is 1. The fourth-order valence-corrected chi connectivity index (χ4v) is 1.08. The molecule has 2 N–H and O–H groups in total. The zero-order valence-electron chi connectivity index (χ0n) is 6.74. The molecule has 1 aromatic rings. The molecule has 0 spiro atoms. The lowest BCUT2D eigenvalue weighted by Gasteiger charge is -2.04. The number of hydrogen-bond acceptors (Lipinski definition) is 3. The summed E-state index contributed by atoms with van der Waals surface area (Å²) >= 11 is 0. The Kier molecular flexibility index (Phi) is 2.33. The van der Waals surface area contributed by atoms with Crippen LogP contribution in [0.4, 0.5) is 0 Å². The normalized spacial score (nSPS) is 9.75. The molecule has 1 aromatic carbocycles. The molecule has 0 radical (unpaired) electrons. The molecule has 12 heavy (non-hydrogen) atoms. The zero-order valence-corrected chi connectivity index (χ0v) is 6.74. The van der Waals surface area contributed by atoms with Gasteiger partial charge in [-0.25, -0.2) is 0 Å². The minimum atomic E-state index is -0.329. The molecule has 0 aliphatic rings. The number of aldehydes is 1. The van der Waals surface area contributed by atoms with Crippen molar-refractivity contribution in [3.63, 3.8) is 0 Å². The van der Waals surface area contributed by atoms with E-state index in [1.807, 2.05) is 6.92 Å². The second kappa shape index (κ2) is 3.26. The molecule has 0 aromatic heterocycles. The molecule has 64 valence electrons. The van der Waals surface area contributed by atoms with Gasteiger partial charge in [-0.15, -0.1) is 0 Å². The van der Waals surface area contributed by atoms with Gasteiger partial charge in [0.15, 0.2) is 17.8 Å². The first-order chi connectivity index (χ1) is 5.70. The van der Waals surface area contributed by atoms with Gasteiger partial charge in [-0.2, -0.15) is 0 Å². The summed E-state index contributed by atoms with van der Waals surface area (Å²) in [4.78, 5) is 10.5. The summed E-state index contributed by atoms with van der Waals surface area (Å²) in [5.41, 5.74) is 0.915. The lowest BCUT2D eigenvalue weighted by Crippen LogP contribution is -1.90. The zero-order chi connectivity index (χ0) is 9.14. The summed E-state index contributed by atoms with van der Waals surface area (Å²) < 4.78 is 0. The second-order valence-corrected chi connectivity index (χ2v) is 2.48. The van der Waals surface area contributed by atoms with Crippen molar-refractivity contribution in [2.24, 2.45) is 0 Å². The molecule has 0 aliphatic carbocycles. The molecule has 0 saturated heterocycles. The molecule has 0 bridgehead atoms. The molecule has 0 fully saturated rings. The Labute approximate surface area is 70.3 Å². The summed E-state index contributed by atoms with van der Waals surface area (Å²) in [5.74, 6) is -0.585. The van der Waals surface area contributed by atoms with Crippen LogP contribution in [0.2, 0.25) is 0 Å². The fraction of sp³-hybridized carbons (Fsp3) is 0.222. The highest BCUT2D eigenvalue weighted by molar-refractivity contribution is 5.83. The Bertz CT molecular complexity index is 305. The van der Waals surface area contributed by atoms with Gasteiger partial charge in [-0.1, -0.05) is 13.0 Å². The van der Waals surface area contributed by atoms with Crippen LogP contribution in [0, 0.1) is 0 Å². The van der Waals surface area contributed by atoms with E-state index in [1.165, 1.54) is 6.07 Å². The third-order valence-corrected chi connectivity index (χ3v) is 1.78. The smallest absolute Gasteiger partial charge is 0.168 e. The van der Waals surface area contributed by atoms with Crippen molar-refractivity contribution in [3.8, 4) is 11.5 Å². The SMILES string of the molecule is CCc1ccc(O)c(O)c1C=O. The molecule has 0 aliphatic heterocycles.